The van der Waals surface area contributed by atoms with E-state index in [0.29, 0.717) is 25.9 Å². The van der Waals surface area contributed by atoms with E-state index in [4.69, 9.17) is 4.98 Å². The molecule has 4 aromatic rings. The molecule has 0 unspecified atom stereocenters. The predicted octanol–water partition coefficient (Wildman–Crippen LogP) is 4.03. The zero-order chi connectivity index (χ0) is 21.0. The molecule has 0 N–H and O–H groups in total. The van der Waals surface area contributed by atoms with Crippen LogP contribution in [0.15, 0.2) is 66.9 Å². The number of hydrogen-bond donors (Lipinski definition) is 0. The van der Waals surface area contributed by atoms with Gasteiger partial charge < -0.3 is 9.80 Å². The lowest BCUT2D eigenvalue weighted by atomic mass is 10.2. The molecule has 3 heterocycles. The van der Waals surface area contributed by atoms with Crippen LogP contribution in [0.3, 0.4) is 0 Å². The number of amides is 1. The molecule has 0 atom stereocenters. The molecular weight excluding hydrogens is 406 g/mol. The van der Waals surface area contributed by atoms with E-state index < -0.39 is 0 Å². The lowest BCUT2D eigenvalue weighted by molar-refractivity contribution is -0.131. The van der Waals surface area contributed by atoms with E-state index in [0.717, 1.165) is 40.8 Å². The van der Waals surface area contributed by atoms with Crippen molar-refractivity contribution in [1.29, 1.82) is 0 Å². The number of anilines is 1. The molecule has 1 aliphatic heterocycles. The van der Waals surface area contributed by atoms with Crippen LogP contribution < -0.4 is 4.90 Å². The third kappa shape index (κ3) is 4.41. The van der Waals surface area contributed by atoms with E-state index in [1.165, 1.54) is 4.70 Å². The Hall–Kier alpha value is -3.32. The van der Waals surface area contributed by atoms with Gasteiger partial charge in [-0.05, 0) is 18.2 Å². The summed E-state index contributed by atoms with van der Waals surface area (Å²) in [6.45, 7) is 2.98. The maximum Gasteiger partial charge on any atom is 0.223 e. The SMILES string of the molecule is O=C(CCc1nc2ccccc2s1)N1CCN(c2ccnc(-c3ccccc3)n2)CC1. The Morgan fingerprint density at radius 2 is 1.68 bits per heavy atom. The summed E-state index contributed by atoms with van der Waals surface area (Å²) in [5.41, 5.74) is 2.02. The Morgan fingerprint density at radius 1 is 0.903 bits per heavy atom. The minimum absolute atomic E-state index is 0.201. The first-order valence-electron chi connectivity index (χ1n) is 10.5. The molecule has 1 amide bonds. The monoisotopic (exact) mass is 429 g/mol. The van der Waals surface area contributed by atoms with Crippen LogP contribution in [-0.4, -0.2) is 51.9 Å². The highest BCUT2D eigenvalue weighted by Gasteiger charge is 2.22. The van der Waals surface area contributed by atoms with Gasteiger partial charge in [-0.15, -0.1) is 11.3 Å². The first-order chi connectivity index (χ1) is 15.3. The molecule has 31 heavy (non-hydrogen) atoms. The zero-order valence-electron chi connectivity index (χ0n) is 17.1. The maximum absolute atomic E-state index is 12.7. The summed E-state index contributed by atoms with van der Waals surface area (Å²) < 4.78 is 1.18. The summed E-state index contributed by atoms with van der Waals surface area (Å²) in [4.78, 5) is 30.7. The molecule has 0 bridgehead atoms. The third-order valence-electron chi connectivity index (χ3n) is 5.52. The van der Waals surface area contributed by atoms with Crippen molar-refractivity contribution in [2.24, 2.45) is 0 Å². The van der Waals surface area contributed by atoms with Gasteiger partial charge >= 0.3 is 0 Å². The number of aryl methyl sites for hydroxylation is 1. The summed E-state index contributed by atoms with van der Waals surface area (Å²) in [6.07, 6.45) is 3.01. The third-order valence-corrected chi connectivity index (χ3v) is 6.62. The fourth-order valence-corrected chi connectivity index (χ4v) is 4.80. The highest BCUT2D eigenvalue weighted by atomic mass is 32.1. The van der Waals surface area contributed by atoms with Crippen LogP contribution in [0, 0.1) is 0 Å². The van der Waals surface area contributed by atoms with Gasteiger partial charge in [-0.2, -0.15) is 0 Å². The lowest BCUT2D eigenvalue weighted by Gasteiger charge is -2.35. The summed E-state index contributed by atoms with van der Waals surface area (Å²) in [7, 11) is 0. The second-order valence-corrected chi connectivity index (χ2v) is 8.66. The average Bonchev–Trinajstić information content (AvgIpc) is 3.26. The molecule has 1 fully saturated rings. The van der Waals surface area contributed by atoms with Crippen molar-refractivity contribution in [2.45, 2.75) is 12.8 Å². The number of para-hydroxylation sites is 1. The number of hydrogen-bond acceptors (Lipinski definition) is 6. The van der Waals surface area contributed by atoms with Crippen molar-refractivity contribution in [3.8, 4) is 11.4 Å². The molecule has 7 heteroatoms. The number of carbonyl (C=O) groups excluding carboxylic acids is 1. The molecule has 0 radical (unpaired) electrons. The maximum atomic E-state index is 12.7. The van der Waals surface area contributed by atoms with E-state index in [1.807, 2.05) is 59.5 Å². The van der Waals surface area contributed by atoms with Crippen molar-refractivity contribution in [2.75, 3.05) is 31.1 Å². The van der Waals surface area contributed by atoms with Gasteiger partial charge in [-0.1, -0.05) is 42.5 Å². The molecule has 156 valence electrons. The summed E-state index contributed by atoms with van der Waals surface area (Å²) in [5, 5.41) is 1.03. The van der Waals surface area contributed by atoms with Gasteiger partial charge in [0.05, 0.1) is 15.2 Å². The van der Waals surface area contributed by atoms with Crippen LogP contribution in [-0.2, 0) is 11.2 Å². The highest BCUT2D eigenvalue weighted by molar-refractivity contribution is 7.18. The Morgan fingerprint density at radius 3 is 2.48 bits per heavy atom. The predicted molar refractivity (Wildman–Crippen MR) is 124 cm³/mol. The molecule has 0 aliphatic carbocycles. The number of aromatic nitrogens is 3. The number of benzene rings is 2. The zero-order valence-corrected chi connectivity index (χ0v) is 18.0. The second-order valence-electron chi connectivity index (χ2n) is 7.55. The van der Waals surface area contributed by atoms with Crippen molar-refractivity contribution >= 4 is 33.3 Å². The first kappa shape index (κ1) is 19.6. The fraction of sp³-hybridized carbons (Fsp3) is 0.250. The van der Waals surface area contributed by atoms with Crippen LogP contribution in [0.25, 0.3) is 21.6 Å². The van der Waals surface area contributed by atoms with Gasteiger partial charge in [0.25, 0.3) is 0 Å². The van der Waals surface area contributed by atoms with E-state index in [2.05, 4.69) is 20.9 Å². The van der Waals surface area contributed by atoms with Crippen molar-refractivity contribution in [3.05, 3.63) is 71.9 Å². The smallest absolute Gasteiger partial charge is 0.223 e. The van der Waals surface area contributed by atoms with Gasteiger partial charge in [-0.3, -0.25) is 4.79 Å². The van der Waals surface area contributed by atoms with Crippen LogP contribution >= 0.6 is 11.3 Å². The minimum Gasteiger partial charge on any atom is -0.353 e. The van der Waals surface area contributed by atoms with Crippen molar-refractivity contribution in [3.63, 3.8) is 0 Å². The van der Waals surface area contributed by atoms with Gasteiger partial charge in [0.2, 0.25) is 5.91 Å². The van der Waals surface area contributed by atoms with E-state index in [-0.39, 0.29) is 5.91 Å². The van der Waals surface area contributed by atoms with E-state index >= 15 is 0 Å². The van der Waals surface area contributed by atoms with Gasteiger partial charge in [-0.25, -0.2) is 15.0 Å². The normalized spacial score (nSPS) is 14.2. The van der Waals surface area contributed by atoms with E-state index in [1.54, 1.807) is 17.5 Å². The number of fused-ring (bicyclic) bond motifs is 1. The number of nitrogens with zero attached hydrogens (tertiary/aromatic N) is 5. The van der Waals surface area contributed by atoms with Crippen LogP contribution in [0.4, 0.5) is 5.82 Å². The standard InChI is InChI=1S/C24H23N5OS/c30-23(11-10-22-26-19-8-4-5-9-20(19)31-22)29-16-14-28(15-17-29)21-12-13-25-24(27-21)18-6-2-1-3-7-18/h1-9,12-13H,10-11,14-17H2. The molecule has 6 nitrogen and oxygen atoms in total. The summed E-state index contributed by atoms with van der Waals surface area (Å²) >= 11 is 1.68. The summed E-state index contributed by atoms with van der Waals surface area (Å²) in [6, 6.07) is 20.1. The van der Waals surface area contributed by atoms with E-state index in [9.17, 15) is 4.79 Å². The van der Waals surface area contributed by atoms with Crippen molar-refractivity contribution < 1.29 is 4.79 Å². The highest BCUT2D eigenvalue weighted by Crippen LogP contribution is 2.23. The van der Waals surface area contributed by atoms with Gasteiger partial charge in [0, 0.05) is 50.8 Å². The molecule has 1 saturated heterocycles. The minimum atomic E-state index is 0.201. The van der Waals surface area contributed by atoms with Crippen LogP contribution in [0.1, 0.15) is 11.4 Å². The largest absolute Gasteiger partial charge is 0.353 e. The Bertz CT molecular complexity index is 1150. The quantitative estimate of drug-likeness (QED) is 0.479. The molecule has 0 spiro atoms. The average molecular weight is 430 g/mol. The Balaban J connectivity index is 1.17. The Labute approximate surface area is 185 Å². The second kappa shape index (κ2) is 8.81. The molecule has 0 saturated carbocycles. The number of rotatable bonds is 5. The van der Waals surface area contributed by atoms with Crippen LogP contribution in [0.2, 0.25) is 0 Å². The fourth-order valence-electron chi connectivity index (χ4n) is 3.84. The molecular formula is C24H23N5OS. The molecule has 1 aliphatic rings. The number of piperazine rings is 1. The van der Waals surface area contributed by atoms with Crippen molar-refractivity contribution in [1.82, 2.24) is 19.9 Å². The number of carbonyl (C=O) groups is 1. The Kier molecular flexibility index (Phi) is 5.58. The van der Waals surface area contributed by atoms with Crippen LogP contribution in [0.5, 0.6) is 0 Å². The molecule has 2 aromatic carbocycles. The number of thiazole rings is 1. The van der Waals surface area contributed by atoms with Gasteiger partial charge in [0.1, 0.15) is 5.82 Å². The molecule has 2 aromatic heterocycles. The topological polar surface area (TPSA) is 62.2 Å². The molecule has 5 rings (SSSR count). The summed E-state index contributed by atoms with van der Waals surface area (Å²) in [5.74, 6) is 1.84. The van der Waals surface area contributed by atoms with Gasteiger partial charge in [0.15, 0.2) is 5.82 Å². The first-order valence-corrected chi connectivity index (χ1v) is 11.3. The lowest BCUT2D eigenvalue weighted by Crippen LogP contribution is -2.49.